The summed E-state index contributed by atoms with van der Waals surface area (Å²) in [5.41, 5.74) is 0. The van der Waals surface area contributed by atoms with E-state index in [0.29, 0.717) is 6.42 Å². The molecule has 0 aromatic heterocycles. The van der Waals surface area contributed by atoms with E-state index < -0.39 is 12.2 Å². The van der Waals surface area contributed by atoms with E-state index in [0.717, 1.165) is 6.42 Å². The molecule has 0 rings (SSSR count). The van der Waals surface area contributed by atoms with Gasteiger partial charge in [0.25, 0.3) is 0 Å². The van der Waals surface area contributed by atoms with E-state index in [2.05, 4.69) is 6.58 Å². The maximum atomic E-state index is 9.00. The predicted molar refractivity (Wildman–Crippen MR) is 37.1 cm³/mol. The monoisotopic (exact) mass is 130 g/mol. The van der Waals surface area contributed by atoms with Gasteiger partial charge in [0, 0.05) is 0 Å². The van der Waals surface area contributed by atoms with E-state index in [-0.39, 0.29) is 0 Å². The number of hydrogen-bond donors (Lipinski definition) is 2. The molecule has 0 heterocycles. The fourth-order valence-electron chi connectivity index (χ4n) is 0.624. The van der Waals surface area contributed by atoms with Gasteiger partial charge in [0.2, 0.25) is 0 Å². The number of aliphatic hydroxyl groups excluding tert-OH is 2. The lowest BCUT2D eigenvalue weighted by atomic mass is 10.1. The lowest BCUT2D eigenvalue weighted by Crippen LogP contribution is -2.22. The molecule has 2 N–H and O–H groups in total. The summed E-state index contributed by atoms with van der Waals surface area (Å²) in [6, 6.07) is 0. The largest absolute Gasteiger partial charge is 0.390 e. The summed E-state index contributed by atoms with van der Waals surface area (Å²) in [4.78, 5) is 0. The van der Waals surface area contributed by atoms with E-state index in [1.807, 2.05) is 6.92 Å². The zero-order valence-corrected chi connectivity index (χ0v) is 5.75. The molecule has 0 fully saturated rings. The Balaban J connectivity index is 3.44. The predicted octanol–water partition coefficient (Wildman–Crippen LogP) is 0.694. The second-order valence-corrected chi connectivity index (χ2v) is 2.08. The highest BCUT2D eigenvalue weighted by molar-refractivity contribution is 4.83. The fraction of sp³-hybridized carbons (Fsp3) is 0.714. The van der Waals surface area contributed by atoms with E-state index >= 15 is 0 Å². The van der Waals surface area contributed by atoms with Crippen LogP contribution in [-0.4, -0.2) is 22.4 Å². The first kappa shape index (κ1) is 8.66. The normalized spacial score (nSPS) is 16.8. The van der Waals surface area contributed by atoms with Crippen molar-refractivity contribution in [3.63, 3.8) is 0 Å². The molecular formula is C7H14O2. The van der Waals surface area contributed by atoms with Crippen LogP contribution in [0.5, 0.6) is 0 Å². The molecule has 0 aliphatic rings. The van der Waals surface area contributed by atoms with Crippen molar-refractivity contribution in [3.05, 3.63) is 12.7 Å². The second-order valence-electron chi connectivity index (χ2n) is 2.08. The minimum atomic E-state index is -0.759. The molecule has 2 heteroatoms. The molecule has 0 bridgehead atoms. The Bertz CT molecular complexity index is 81.0. The van der Waals surface area contributed by atoms with Crippen LogP contribution in [0, 0.1) is 0 Å². The molecule has 0 unspecified atom stereocenters. The zero-order chi connectivity index (χ0) is 7.28. The van der Waals surface area contributed by atoms with Gasteiger partial charge < -0.3 is 10.2 Å². The third kappa shape index (κ3) is 3.27. The Kier molecular flexibility index (Phi) is 4.36. The van der Waals surface area contributed by atoms with Gasteiger partial charge in [-0.1, -0.05) is 19.4 Å². The maximum absolute atomic E-state index is 9.00. The van der Waals surface area contributed by atoms with Gasteiger partial charge in [-0.25, -0.2) is 0 Å². The van der Waals surface area contributed by atoms with Gasteiger partial charge in [0.15, 0.2) is 0 Å². The lowest BCUT2D eigenvalue weighted by molar-refractivity contribution is 0.0430. The van der Waals surface area contributed by atoms with Crippen molar-refractivity contribution in [1.82, 2.24) is 0 Å². The molecule has 0 radical (unpaired) electrons. The SMILES string of the molecule is C=C[C@H](O)[C@@H](O)CCC. The Labute approximate surface area is 55.8 Å². The van der Waals surface area contributed by atoms with E-state index in [4.69, 9.17) is 10.2 Å². The first-order valence-electron chi connectivity index (χ1n) is 3.21. The molecule has 9 heavy (non-hydrogen) atoms. The van der Waals surface area contributed by atoms with Crippen molar-refractivity contribution in [1.29, 1.82) is 0 Å². The highest BCUT2D eigenvalue weighted by Gasteiger charge is 2.09. The first-order chi connectivity index (χ1) is 4.22. The Morgan fingerprint density at radius 2 is 2.11 bits per heavy atom. The molecule has 0 aliphatic carbocycles. The fourth-order valence-corrected chi connectivity index (χ4v) is 0.624. The Morgan fingerprint density at radius 1 is 1.56 bits per heavy atom. The average molecular weight is 130 g/mol. The maximum Gasteiger partial charge on any atom is 0.0977 e. The van der Waals surface area contributed by atoms with E-state index in [1.165, 1.54) is 6.08 Å². The van der Waals surface area contributed by atoms with Crippen molar-refractivity contribution in [2.75, 3.05) is 0 Å². The molecule has 2 nitrogen and oxygen atoms in total. The Hall–Kier alpha value is -0.340. The topological polar surface area (TPSA) is 40.5 Å². The molecule has 0 aromatic rings. The van der Waals surface area contributed by atoms with Crippen LogP contribution in [0.3, 0.4) is 0 Å². The Morgan fingerprint density at radius 3 is 2.44 bits per heavy atom. The molecule has 54 valence electrons. The minimum absolute atomic E-state index is 0.632. The van der Waals surface area contributed by atoms with Crippen molar-refractivity contribution in [2.24, 2.45) is 0 Å². The van der Waals surface area contributed by atoms with Crippen molar-refractivity contribution < 1.29 is 10.2 Å². The number of aliphatic hydroxyl groups is 2. The van der Waals surface area contributed by atoms with Crippen LogP contribution in [-0.2, 0) is 0 Å². The van der Waals surface area contributed by atoms with E-state index in [1.54, 1.807) is 0 Å². The summed E-state index contributed by atoms with van der Waals surface area (Å²) < 4.78 is 0. The van der Waals surface area contributed by atoms with Crippen molar-refractivity contribution in [3.8, 4) is 0 Å². The smallest absolute Gasteiger partial charge is 0.0977 e. The van der Waals surface area contributed by atoms with Crippen LogP contribution in [0.25, 0.3) is 0 Å². The van der Waals surface area contributed by atoms with Gasteiger partial charge >= 0.3 is 0 Å². The third-order valence-electron chi connectivity index (χ3n) is 1.22. The highest BCUT2D eigenvalue weighted by atomic mass is 16.3. The molecule has 2 atom stereocenters. The molecular weight excluding hydrogens is 116 g/mol. The van der Waals surface area contributed by atoms with Gasteiger partial charge in [-0.2, -0.15) is 0 Å². The molecule has 0 amide bonds. The number of rotatable bonds is 4. The van der Waals surface area contributed by atoms with E-state index in [9.17, 15) is 0 Å². The molecule has 0 spiro atoms. The van der Waals surface area contributed by atoms with Crippen molar-refractivity contribution >= 4 is 0 Å². The van der Waals surface area contributed by atoms with Crippen LogP contribution in [0.2, 0.25) is 0 Å². The lowest BCUT2D eigenvalue weighted by Gasteiger charge is -2.11. The quantitative estimate of drug-likeness (QED) is 0.550. The van der Waals surface area contributed by atoms with Gasteiger partial charge in [-0.3, -0.25) is 0 Å². The second kappa shape index (κ2) is 4.53. The van der Waals surface area contributed by atoms with Gasteiger partial charge in [-0.15, -0.1) is 6.58 Å². The van der Waals surface area contributed by atoms with Gasteiger partial charge in [0.1, 0.15) is 0 Å². The van der Waals surface area contributed by atoms with Gasteiger partial charge in [0.05, 0.1) is 12.2 Å². The summed E-state index contributed by atoms with van der Waals surface area (Å²) >= 11 is 0. The van der Waals surface area contributed by atoms with Gasteiger partial charge in [-0.05, 0) is 6.42 Å². The summed E-state index contributed by atoms with van der Waals surface area (Å²) in [5, 5.41) is 17.9. The summed E-state index contributed by atoms with van der Waals surface area (Å²) in [6.07, 6.45) is 1.47. The summed E-state index contributed by atoms with van der Waals surface area (Å²) in [6.45, 7) is 5.31. The van der Waals surface area contributed by atoms with Crippen molar-refractivity contribution in [2.45, 2.75) is 32.0 Å². The van der Waals surface area contributed by atoms with Crippen LogP contribution >= 0.6 is 0 Å². The molecule has 0 saturated heterocycles. The van der Waals surface area contributed by atoms with Crippen LogP contribution in [0.4, 0.5) is 0 Å². The third-order valence-corrected chi connectivity index (χ3v) is 1.22. The minimum Gasteiger partial charge on any atom is -0.390 e. The molecule has 0 saturated carbocycles. The summed E-state index contributed by atoms with van der Waals surface area (Å²) in [7, 11) is 0. The van der Waals surface area contributed by atoms with Crippen LogP contribution in [0.15, 0.2) is 12.7 Å². The standard InChI is InChI=1S/C7H14O2/c1-3-5-7(9)6(8)4-2/h4,6-9H,2-3,5H2,1H3/t6-,7-/m0/s1. The number of hydrogen-bond acceptors (Lipinski definition) is 2. The molecule has 0 aromatic carbocycles. The zero-order valence-electron chi connectivity index (χ0n) is 5.75. The summed E-state index contributed by atoms with van der Waals surface area (Å²) in [5.74, 6) is 0. The van der Waals surface area contributed by atoms with Crippen LogP contribution in [0.1, 0.15) is 19.8 Å². The average Bonchev–Trinajstić information content (AvgIpc) is 1.87. The first-order valence-corrected chi connectivity index (χ1v) is 3.21. The molecule has 0 aliphatic heterocycles. The van der Waals surface area contributed by atoms with Crippen LogP contribution < -0.4 is 0 Å². The highest BCUT2D eigenvalue weighted by Crippen LogP contribution is 2.01.